The topological polar surface area (TPSA) is 29.5 Å². The number of rotatable bonds is 3. The van der Waals surface area contributed by atoms with E-state index in [2.05, 4.69) is 0 Å². The Morgan fingerprint density at radius 2 is 1.81 bits per heavy atom. The van der Waals surface area contributed by atoms with Crippen molar-refractivity contribution in [2.24, 2.45) is 5.41 Å². The molecule has 0 saturated carbocycles. The van der Waals surface area contributed by atoms with E-state index in [9.17, 15) is 31.1 Å². The van der Waals surface area contributed by atoms with Gasteiger partial charge in [0.05, 0.1) is 11.6 Å². The Morgan fingerprint density at radius 1 is 1.23 bits per heavy atom. The van der Waals surface area contributed by atoms with Gasteiger partial charge in [0.15, 0.2) is 0 Å². The van der Waals surface area contributed by atoms with E-state index in [1.807, 2.05) is 0 Å². The van der Waals surface area contributed by atoms with Gasteiger partial charge in [-0.15, -0.1) is 0 Å². The molecule has 0 N–H and O–H groups in total. The van der Waals surface area contributed by atoms with Crippen molar-refractivity contribution in [3.8, 4) is 0 Å². The quantitative estimate of drug-likeness (QED) is 0.611. The van der Waals surface area contributed by atoms with Gasteiger partial charge in [0, 0.05) is 17.0 Å². The third kappa shape index (κ3) is 3.71. The van der Waals surface area contributed by atoms with Crippen LogP contribution in [0.2, 0.25) is 0 Å². The van der Waals surface area contributed by atoms with Crippen LogP contribution in [0, 0.1) is 5.41 Å². The molecule has 1 saturated heterocycles. The lowest BCUT2D eigenvalue weighted by molar-refractivity contribution is -0.105. The Balaban J connectivity index is 2.51. The van der Waals surface area contributed by atoms with Gasteiger partial charge in [-0.3, -0.25) is 4.90 Å². The van der Waals surface area contributed by atoms with Crippen molar-refractivity contribution < 1.29 is 35.9 Å². The molecule has 0 radical (unpaired) electrons. The summed E-state index contributed by atoms with van der Waals surface area (Å²) in [6, 6.07) is -0.890. The Labute approximate surface area is 147 Å². The summed E-state index contributed by atoms with van der Waals surface area (Å²) in [5, 5.41) is 0. The predicted molar refractivity (Wildman–Crippen MR) is 82.3 cm³/mol. The summed E-state index contributed by atoms with van der Waals surface area (Å²) in [5.41, 5.74) is -4.26. The highest BCUT2D eigenvalue weighted by atomic mass is 19.4. The van der Waals surface area contributed by atoms with Crippen LogP contribution in [-0.4, -0.2) is 41.5 Å². The van der Waals surface area contributed by atoms with Crippen LogP contribution in [0.5, 0.6) is 0 Å². The molecule has 0 aromatic heterocycles. The summed E-state index contributed by atoms with van der Waals surface area (Å²) in [4.78, 5) is 13.5. The molecule has 2 aliphatic rings. The van der Waals surface area contributed by atoms with Crippen LogP contribution in [-0.2, 0) is 4.74 Å². The van der Waals surface area contributed by atoms with Crippen LogP contribution in [0.4, 0.5) is 31.1 Å². The minimum absolute atomic E-state index is 0.139. The third-order valence-corrected chi connectivity index (χ3v) is 4.85. The van der Waals surface area contributed by atoms with Crippen molar-refractivity contribution >= 4 is 6.09 Å². The molecule has 26 heavy (non-hydrogen) atoms. The number of hydrogen-bond acceptors (Lipinski definition) is 2. The zero-order valence-corrected chi connectivity index (χ0v) is 14.8. The average Bonchev–Trinajstić information content (AvgIpc) is 2.82. The lowest BCUT2D eigenvalue weighted by atomic mass is 9.71. The molecule has 1 heterocycles. The van der Waals surface area contributed by atoms with Crippen molar-refractivity contribution in [1.82, 2.24) is 4.90 Å². The number of carbonyl (C=O) groups is 1. The van der Waals surface area contributed by atoms with Crippen LogP contribution < -0.4 is 0 Å². The monoisotopic (exact) mass is 385 g/mol. The van der Waals surface area contributed by atoms with E-state index in [0.717, 1.165) is 6.08 Å². The second kappa shape index (κ2) is 6.49. The van der Waals surface area contributed by atoms with Gasteiger partial charge in [0.2, 0.25) is 0 Å². The van der Waals surface area contributed by atoms with Gasteiger partial charge in [-0.25, -0.2) is 4.79 Å². The van der Waals surface area contributed by atoms with Gasteiger partial charge in [-0.05, 0) is 32.8 Å². The Morgan fingerprint density at radius 3 is 2.23 bits per heavy atom. The van der Waals surface area contributed by atoms with E-state index >= 15 is 0 Å². The normalized spacial score (nSPS) is 30.4. The van der Waals surface area contributed by atoms with Crippen molar-refractivity contribution in [1.29, 1.82) is 0 Å². The fourth-order valence-electron chi connectivity index (χ4n) is 3.73. The summed E-state index contributed by atoms with van der Waals surface area (Å²) in [5.74, 6) is 0. The summed E-state index contributed by atoms with van der Waals surface area (Å²) in [6.07, 6.45) is -11.1. The number of cyclic esters (lactones) is 1. The minimum Gasteiger partial charge on any atom is -0.443 e. The number of alkyl halides is 6. The average molecular weight is 385 g/mol. The van der Waals surface area contributed by atoms with Gasteiger partial charge < -0.3 is 4.74 Å². The summed E-state index contributed by atoms with van der Waals surface area (Å²) in [7, 11) is 0. The molecule has 3 nitrogen and oxygen atoms in total. The number of nitrogens with zero attached hydrogens (tertiary/aromatic N) is 1. The molecule has 1 amide bonds. The maximum absolute atomic E-state index is 13.2. The second-order valence-corrected chi connectivity index (χ2v) is 7.23. The molecule has 0 spiro atoms. The fourth-order valence-corrected chi connectivity index (χ4v) is 3.73. The highest BCUT2D eigenvalue weighted by molar-refractivity contribution is 5.71. The Kier molecular flexibility index (Phi) is 5.15. The number of carbonyl (C=O) groups excluding carboxylic acids is 1. The highest BCUT2D eigenvalue weighted by Gasteiger charge is 2.54. The lowest BCUT2D eigenvalue weighted by Gasteiger charge is -2.39. The molecule has 0 aromatic rings. The molecule has 0 bridgehead atoms. The first-order valence-corrected chi connectivity index (χ1v) is 8.27. The van der Waals surface area contributed by atoms with E-state index < -0.39 is 53.6 Å². The standard InChI is InChI=1S/C17H21F6NO2/c1-5-12-13(26-14(25)24(12)9(2)3)15(4)7-10(16(18,19)20)6-11(8-15)17(21,22)23/h6-7,9,12-13H,5,8H2,1-4H3/t12-,13-,15?/m0/s1. The van der Waals surface area contributed by atoms with Crippen LogP contribution in [0.15, 0.2) is 23.3 Å². The molecular formula is C17H21F6NO2. The van der Waals surface area contributed by atoms with E-state index in [1.165, 1.54) is 11.8 Å². The van der Waals surface area contributed by atoms with E-state index in [1.54, 1.807) is 20.8 Å². The molecule has 1 aliphatic carbocycles. The van der Waals surface area contributed by atoms with Crippen molar-refractivity contribution in [3.05, 3.63) is 23.3 Å². The first kappa shape index (κ1) is 20.6. The Hall–Kier alpha value is -1.67. The van der Waals surface area contributed by atoms with Gasteiger partial charge in [0.25, 0.3) is 0 Å². The zero-order chi connectivity index (χ0) is 20.1. The maximum atomic E-state index is 13.2. The third-order valence-electron chi connectivity index (χ3n) is 4.85. The van der Waals surface area contributed by atoms with Gasteiger partial charge in [-0.1, -0.05) is 19.9 Å². The fraction of sp³-hybridized carbons (Fsp3) is 0.706. The zero-order valence-electron chi connectivity index (χ0n) is 14.8. The number of allylic oxidation sites excluding steroid dienone is 3. The number of halogens is 6. The summed E-state index contributed by atoms with van der Waals surface area (Å²) >= 11 is 0. The minimum atomic E-state index is -4.93. The summed E-state index contributed by atoms with van der Waals surface area (Å²) in [6.45, 7) is 6.43. The van der Waals surface area contributed by atoms with Gasteiger partial charge >= 0.3 is 18.4 Å². The van der Waals surface area contributed by atoms with Crippen LogP contribution in [0.3, 0.4) is 0 Å². The number of ether oxygens (including phenoxy) is 1. The highest BCUT2D eigenvalue weighted by Crippen LogP contribution is 2.49. The molecule has 1 unspecified atom stereocenters. The maximum Gasteiger partial charge on any atom is 0.416 e. The van der Waals surface area contributed by atoms with E-state index in [4.69, 9.17) is 4.74 Å². The van der Waals surface area contributed by atoms with Crippen molar-refractivity contribution in [2.45, 2.75) is 71.1 Å². The molecule has 3 atom stereocenters. The van der Waals surface area contributed by atoms with Crippen molar-refractivity contribution in [2.75, 3.05) is 0 Å². The summed E-state index contributed by atoms with van der Waals surface area (Å²) < 4.78 is 84.5. The molecule has 0 aromatic carbocycles. The Bertz CT molecular complexity index is 634. The largest absolute Gasteiger partial charge is 0.443 e. The molecule has 1 fully saturated rings. The van der Waals surface area contributed by atoms with E-state index in [-0.39, 0.29) is 12.1 Å². The van der Waals surface area contributed by atoms with Crippen LogP contribution in [0.25, 0.3) is 0 Å². The van der Waals surface area contributed by atoms with Gasteiger partial charge in [-0.2, -0.15) is 26.3 Å². The number of amides is 1. The molecule has 148 valence electrons. The SMILES string of the molecule is CC[C@H]1[C@@H](C2(C)C=C(C(F)(F)F)C=C(C(F)(F)F)C2)OC(=O)N1C(C)C. The lowest BCUT2D eigenvalue weighted by Crippen LogP contribution is -2.47. The second-order valence-electron chi connectivity index (χ2n) is 7.23. The predicted octanol–water partition coefficient (Wildman–Crippen LogP) is 5.38. The molecule has 2 rings (SSSR count). The van der Waals surface area contributed by atoms with Crippen LogP contribution >= 0.6 is 0 Å². The van der Waals surface area contributed by atoms with Gasteiger partial charge in [0.1, 0.15) is 6.10 Å². The molecule has 1 aliphatic heterocycles. The molecular weight excluding hydrogens is 364 g/mol. The molecule has 9 heteroatoms. The van der Waals surface area contributed by atoms with Crippen LogP contribution in [0.1, 0.15) is 40.5 Å². The first-order valence-electron chi connectivity index (χ1n) is 8.27. The van der Waals surface area contributed by atoms with Crippen molar-refractivity contribution in [3.63, 3.8) is 0 Å². The first-order chi connectivity index (χ1) is 11.7. The van der Waals surface area contributed by atoms with E-state index in [0.29, 0.717) is 6.42 Å². The smallest absolute Gasteiger partial charge is 0.416 e. The number of hydrogen-bond donors (Lipinski definition) is 0.